The van der Waals surface area contributed by atoms with Gasteiger partial charge in [0.15, 0.2) is 0 Å². The van der Waals surface area contributed by atoms with Gasteiger partial charge in [0.1, 0.15) is 5.82 Å². The van der Waals surface area contributed by atoms with E-state index in [1.54, 1.807) is 6.07 Å². The van der Waals surface area contributed by atoms with Gasteiger partial charge in [-0.05, 0) is 59.5 Å². The maximum absolute atomic E-state index is 14.7. The predicted octanol–water partition coefficient (Wildman–Crippen LogP) is 4.76. The molecule has 1 aliphatic heterocycles. The van der Waals surface area contributed by atoms with Crippen molar-refractivity contribution in [3.05, 3.63) is 64.5 Å². The highest BCUT2D eigenvalue weighted by Gasteiger charge is 2.44. The van der Waals surface area contributed by atoms with E-state index >= 15 is 0 Å². The molecule has 5 heteroatoms. The highest BCUT2D eigenvalue weighted by molar-refractivity contribution is 5.95. The molecule has 2 aromatic rings. The second kappa shape index (κ2) is 7.99. The molecule has 0 radical (unpaired) electrons. The average Bonchev–Trinajstić information content (AvgIpc) is 3.45. The monoisotopic (exact) mass is 388 g/mol. The van der Waals surface area contributed by atoms with Gasteiger partial charge in [0.2, 0.25) is 5.91 Å². The van der Waals surface area contributed by atoms with Crippen LogP contribution in [0, 0.1) is 11.7 Å². The van der Waals surface area contributed by atoms with E-state index in [0.717, 1.165) is 24.1 Å². The first kappa shape index (κ1) is 19.8. The fourth-order valence-corrected chi connectivity index (χ4v) is 3.84. The molecule has 2 aliphatic rings. The van der Waals surface area contributed by atoms with E-state index in [2.05, 4.69) is 48.7 Å². The molecule has 4 rings (SSSR count). The summed E-state index contributed by atoms with van der Waals surface area (Å²) in [7, 11) is 0. The van der Waals surface area contributed by atoms with Crippen LogP contribution in [-0.2, 0) is 17.8 Å². The van der Waals surface area contributed by atoms with Crippen LogP contribution in [0.15, 0.2) is 36.4 Å². The van der Waals surface area contributed by atoms with Crippen LogP contribution >= 0.6 is 12.4 Å². The second-order valence-corrected chi connectivity index (χ2v) is 7.75. The molecule has 144 valence electrons. The first-order chi connectivity index (χ1) is 12.5. The van der Waals surface area contributed by atoms with Gasteiger partial charge < -0.3 is 10.6 Å². The number of halogens is 2. The number of fused-ring (bicyclic) bond motifs is 1. The van der Waals surface area contributed by atoms with Crippen LogP contribution in [0.5, 0.6) is 0 Å². The Kier molecular flexibility index (Phi) is 5.87. The molecule has 0 spiro atoms. The molecule has 2 unspecified atom stereocenters. The van der Waals surface area contributed by atoms with Crippen LogP contribution in [0.3, 0.4) is 0 Å². The normalized spacial score (nSPS) is 20.6. The number of rotatable bonds is 4. The summed E-state index contributed by atoms with van der Waals surface area (Å²) < 4.78 is 14.7. The van der Waals surface area contributed by atoms with E-state index in [0.29, 0.717) is 24.6 Å². The number of nitrogens with one attached hydrogen (secondary N) is 2. The van der Waals surface area contributed by atoms with Crippen LogP contribution in [0.25, 0.3) is 0 Å². The van der Waals surface area contributed by atoms with E-state index in [1.165, 1.54) is 11.1 Å². The molecular formula is C22H26ClFN2O. The fraction of sp³-hybridized carbons (Fsp3) is 0.409. The molecule has 1 aliphatic carbocycles. The lowest BCUT2D eigenvalue weighted by Gasteiger charge is -2.19. The fourth-order valence-electron chi connectivity index (χ4n) is 3.84. The molecule has 2 N–H and O–H groups in total. The molecule has 0 aromatic heterocycles. The van der Waals surface area contributed by atoms with E-state index in [4.69, 9.17) is 0 Å². The van der Waals surface area contributed by atoms with Crippen molar-refractivity contribution < 1.29 is 9.18 Å². The predicted molar refractivity (Wildman–Crippen MR) is 109 cm³/mol. The van der Waals surface area contributed by atoms with Crippen LogP contribution in [-0.4, -0.2) is 12.5 Å². The number of carbonyl (C=O) groups excluding carboxylic acids is 1. The van der Waals surface area contributed by atoms with Crippen LogP contribution in [0.4, 0.5) is 10.1 Å². The summed E-state index contributed by atoms with van der Waals surface area (Å²) in [5.74, 6) is 0.356. The number of amides is 1. The molecule has 0 bridgehead atoms. The van der Waals surface area contributed by atoms with Crippen molar-refractivity contribution in [1.82, 2.24) is 5.32 Å². The summed E-state index contributed by atoms with van der Waals surface area (Å²) in [6.07, 6.45) is 1.50. The Labute approximate surface area is 166 Å². The largest absolute Gasteiger partial charge is 0.323 e. The van der Waals surface area contributed by atoms with Crippen LogP contribution in [0.1, 0.15) is 54.4 Å². The van der Waals surface area contributed by atoms with Gasteiger partial charge in [-0.3, -0.25) is 4.79 Å². The number of carbonyl (C=O) groups is 1. The second-order valence-electron chi connectivity index (χ2n) is 7.75. The molecule has 2 aromatic carbocycles. The maximum atomic E-state index is 14.7. The van der Waals surface area contributed by atoms with E-state index < -0.39 is 0 Å². The summed E-state index contributed by atoms with van der Waals surface area (Å²) >= 11 is 0. The van der Waals surface area contributed by atoms with E-state index in [-0.39, 0.29) is 36.0 Å². The number of hydrogen-bond donors (Lipinski definition) is 2. The van der Waals surface area contributed by atoms with Gasteiger partial charge >= 0.3 is 0 Å². The zero-order chi connectivity index (χ0) is 18.3. The number of hydrogen-bond acceptors (Lipinski definition) is 2. The van der Waals surface area contributed by atoms with Crippen molar-refractivity contribution in [2.75, 3.05) is 11.9 Å². The average molecular weight is 389 g/mol. The SMILES string of the molecule is CC(C)c1ccc(C2CC2C(=O)Nc2ccc3c(c2F)CCNC3)cc1.Cl. The van der Waals surface area contributed by atoms with Crippen molar-refractivity contribution in [2.24, 2.45) is 5.92 Å². The minimum absolute atomic E-state index is 0. The van der Waals surface area contributed by atoms with E-state index in [1.807, 2.05) is 6.07 Å². The number of anilines is 1. The first-order valence-electron chi connectivity index (χ1n) is 9.46. The third-order valence-corrected chi connectivity index (χ3v) is 5.62. The van der Waals surface area contributed by atoms with Gasteiger partial charge in [-0.1, -0.05) is 44.2 Å². The molecular weight excluding hydrogens is 363 g/mol. The molecule has 0 saturated heterocycles. The van der Waals surface area contributed by atoms with Crippen molar-refractivity contribution >= 4 is 24.0 Å². The minimum Gasteiger partial charge on any atom is -0.323 e. The quantitative estimate of drug-likeness (QED) is 0.792. The maximum Gasteiger partial charge on any atom is 0.228 e. The molecule has 1 fully saturated rings. The topological polar surface area (TPSA) is 41.1 Å². The van der Waals surface area contributed by atoms with Crippen LogP contribution in [0.2, 0.25) is 0 Å². The van der Waals surface area contributed by atoms with Gasteiger partial charge in [0.05, 0.1) is 5.69 Å². The van der Waals surface area contributed by atoms with Gasteiger partial charge in [0.25, 0.3) is 0 Å². The van der Waals surface area contributed by atoms with Gasteiger partial charge in [-0.2, -0.15) is 0 Å². The first-order valence-corrected chi connectivity index (χ1v) is 9.46. The smallest absolute Gasteiger partial charge is 0.228 e. The Morgan fingerprint density at radius 3 is 2.63 bits per heavy atom. The van der Waals surface area contributed by atoms with Gasteiger partial charge in [-0.25, -0.2) is 4.39 Å². The highest BCUT2D eigenvalue weighted by Crippen LogP contribution is 2.48. The Morgan fingerprint density at radius 1 is 1.19 bits per heavy atom. The number of benzene rings is 2. The third-order valence-electron chi connectivity index (χ3n) is 5.62. The summed E-state index contributed by atoms with van der Waals surface area (Å²) in [6, 6.07) is 12.1. The van der Waals surface area contributed by atoms with Gasteiger partial charge in [-0.15, -0.1) is 12.4 Å². The van der Waals surface area contributed by atoms with Gasteiger partial charge in [0, 0.05) is 12.5 Å². The zero-order valence-electron chi connectivity index (χ0n) is 15.7. The summed E-state index contributed by atoms with van der Waals surface area (Å²) in [6.45, 7) is 5.81. The summed E-state index contributed by atoms with van der Waals surface area (Å²) in [4.78, 5) is 12.6. The summed E-state index contributed by atoms with van der Waals surface area (Å²) in [5.41, 5.74) is 4.54. The zero-order valence-corrected chi connectivity index (χ0v) is 16.5. The molecule has 27 heavy (non-hydrogen) atoms. The lowest BCUT2D eigenvalue weighted by molar-refractivity contribution is -0.117. The molecule has 3 nitrogen and oxygen atoms in total. The lowest BCUT2D eigenvalue weighted by atomic mass is 9.99. The van der Waals surface area contributed by atoms with Crippen molar-refractivity contribution in [1.29, 1.82) is 0 Å². The van der Waals surface area contributed by atoms with Crippen molar-refractivity contribution in [3.8, 4) is 0 Å². The minimum atomic E-state index is -0.268. The molecule has 2 atom stereocenters. The Hall–Kier alpha value is -1.91. The molecule has 1 heterocycles. The van der Waals surface area contributed by atoms with E-state index in [9.17, 15) is 9.18 Å². The van der Waals surface area contributed by atoms with Crippen LogP contribution < -0.4 is 10.6 Å². The third kappa shape index (κ3) is 4.02. The Bertz CT molecular complexity index is 835. The van der Waals surface area contributed by atoms with Crippen molar-refractivity contribution in [3.63, 3.8) is 0 Å². The Balaban J connectivity index is 0.00000210. The summed E-state index contributed by atoms with van der Waals surface area (Å²) in [5, 5.41) is 6.05. The molecule has 1 amide bonds. The highest BCUT2D eigenvalue weighted by atomic mass is 35.5. The Morgan fingerprint density at radius 2 is 1.93 bits per heavy atom. The molecule has 1 saturated carbocycles. The lowest BCUT2D eigenvalue weighted by Crippen LogP contribution is -2.25. The standard InChI is InChI=1S/C22H25FN2O.ClH/c1-13(2)14-3-5-15(6-4-14)18-11-19(18)22(26)25-20-8-7-16-12-24-10-9-17(16)21(20)23;/h3-8,13,18-19,24H,9-12H2,1-2H3,(H,25,26);1H. The van der Waals surface area contributed by atoms with Crippen molar-refractivity contribution in [2.45, 2.75) is 45.1 Å².